The molecule has 0 atom stereocenters. The second-order valence-electron chi connectivity index (χ2n) is 4.18. The molecule has 0 spiro atoms. The van der Waals surface area contributed by atoms with Gasteiger partial charge >= 0.3 is 5.97 Å². The topological polar surface area (TPSA) is 66.4 Å². The normalized spacial score (nSPS) is 10.1. The molecule has 0 aliphatic rings. The third-order valence-electron chi connectivity index (χ3n) is 2.71. The van der Waals surface area contributed by atoms with Gasteiger partial charge in [0.1, 0.15) is 11.4 Å². The zero-order chi connectivity index (χ0) is 14.5. The van der Waals surface area contributed by atoms with Crippen LogP contribution in [0.5, 0.6) is 0 Å². The van der Waals surface area contributed by atoms with E-state index in [2.05, 4.69) is 5.32 Å². The first-order valence-electron chi connectivity index (χ1n) is 5.93. The van der Waals surface area contributed by atoms with Gasteiger partial charge in [-0.3, -0.25) is 4.79 Å². The molecular formula is C15H12FNO3. The van der Waals surface area contributed by atoms with E-state index in [9.17, 15) is 14.0 Å². The quantitative estimate of drug-likeness (QED) is 0.900. The maximum Gasteiger partial charge on any atom is 0.340 e. The number of rotatable bonds is 4. The number of benzene rings is 2. The van der Waals surface area contributed by atoms with Crippen LogP contribution in [0, 0.1) is 5.82 Å². The Morgan fingerprint density at radius 3 is 2.40 bits per heavy atom. The van der Waals surface area contributed by atoms with Crippen molar-refractivity contribution in [2.45, 2.75) is 6.42 Å². The van der Waals surface area contributed by atoms with Gasteiger partial charge < -0.3 is 10.4 Å². The summed E-state index contributed by atoms with van der Waals surface area (Å²) in [4.78, 5) is 22.8. The number of carboxylic acid groups (broad SMARTS) is 1. The van der Waals surface area contributed by atoms with Crippen LogP contribution in [0.25, 0.3) is 0 Å². The van der Waals surface area contributed by atoms with Crippen molar-refractivity contribution < 1.29 is 19.1 Å². The molecule has 0 bridgehead atoms. The van der Waals surface area contributed by atoms with Crippen LogP contribution in [0.15, 0.2) is 48.5 Å². The van der Waals surface area contributed by atoms with Crippen LogP contribution >= 0.6 is 0 Å². The van der Waals surface area contributed by atoms with Crippen LogP contribution in [-0.4, -0.2) is 17.0 Å². The monoisotopic (exact) mass is 273 g/mol. The van der Waals surface area contributed by atoms with E-state index in [1.54, 1.807) is 24.3 Å². The number of hydrogen-bond donors (Lipinski definition) is 2. The number of nitrogens with one attached hydrogen (secondary N) is 1. The number of halogens is 1. The summed E-state index contributed by atoms with van der Waals surface area (Å²) in [5.74, 6) is -2.70. The van der Waals surface area contributed by atoms with E-state index < -0.39 is 23.3 Å². The lowest BCUT2D eigenvalue weighted by molar-refractivity contribution is -0.115. The first kappa shape index (κ1) is 13.7. The van der Waals surface area contributed by atoms with Gasteiger partial charge in [-0.1, -0.05) is 36.4 Å². The predicted molar refractivity (Wildman–Crippen MR) is 72.1 cm³/mol. The molecule has 0 fully saturated rings. The van der Waals surface area contributed by atoms with E-state index in [-0.39, 0.29) is 12.1 Å². The third kappa shape index (κ3) is 3.20. The third-order valence-corrected chi connectivity index (χ3v) is 2.71. The minimum absolute atomic E-state index is 0.0431. The number of anilines is 1. The van der Waals surface area contributed by atoms with Crippen LogP contribution in [0.3, 0.4) is 0 Å². The number of hydrogen-bond acceptors (Lipinski definition) is 2. The number of aromatic carboxylic acids is 1. The van der Waals surface area contributed by atoms with Crippen LogP contribution in [0.4, 0.5) is 10.1 Å². The van der Waals surface area contributed by atoms with Crippen molar-refractivity contribution in [2.24, 2.45) is 0 Å². The lowest BCUT2D eigenvalue weighted by Crippen LogP contribution is -2.17. The largest absolute Gasteiger partial charge is 0.478 e. The summed E-state index contributed by atoms with van der Waals surface area (Å²) in [7, 11) is 0. The van der Waals surface area contributed by atoms with Crippen LogP contribution < -0.4 is 5.32 Å². The van der Waals surface area contributed by atoms with E-state index in [1.165, 1.54) is 12.1 Å². The molecule has 2 N–H and O–H groups in total. The average Bonchev–Trinajstić information content (AvgIpc) is 2.39. The molecule has 102 valence electrons. The first-order valence-corrected chi connectivity index (χ1v) is 5.93. The standard InChI is InChI=1S/C15H12FNO3/c16-11-7-4-8-12(14(11)15(19)20)17-13(18)9-10-5-2-1-3-6-10/h1-8H,9H2,(H,17,18)(H,19,20). The molecule has 2 rings (SSSR count). The zero-order valence-corrected chi connectivity index (χ0v) is 10.5. The second kappa shape index (κ2) is 5.97. The SMILES string of the molecule is O=C(Cc1ccccc1)Nc1cccc(F)c1C(=O)O. The van der Waals surface area contributed by atoms with Gasteiger partial charge in [0.2, 0.25) is 5.91 Å². The average molecular weight is 273 g/mol. The van der Waals surface area contributed by atoms with Gasteiger partial charge in [0.25, 0.3) is 0 Å². The van der Waals surface area contributed by atoms with Gasteiger partial charge in [-0.05, 0) is 17.7 Å². The maximum atomic E-state index is 13.4. The summed E-state index contributed by atoms with van der Waals surface area (Å²) in [6.45, 7) is 0. The molecule has 0 aliphatic carbocycles. The van der Waals surface area contributed by atoms with Crippen molar-refractivity contribution in [3.8, 4) is 0 Å². The molecule has 0 unspecified atom stereocenters. The van der Waals surface area contributed by atoms with Crippen molar-refractivity contribution >= 4 is 17.6 Å². The van der Waals surface area contributed by atoms with E-state index in [0.717, 1.165) is 11.6 Å². The fourth-order valence-electron chi connectivity index (χ4n) is 1.82. The lowest BCUT2D eigenvalue weighted by atomic mass is 10.1. The molecule has 1 amide bonds. The second-order valence-corrected chi connectivity index (χ2v) is 4.18. The van der Waals surface area contributed by atoms with E-state index in [0.29, 0.717) is 0 Å². The number of amides is 1. The minimum Gasteiger partial charge on any atom is -0.478 e. The summed E-state index contributed by atoms with van der Waals surface area (Å²) in [5, 5.41) is 11.4. The number of carbonyl (C=O) groups is 2. The van der Waals surface area contributed by atoms with Gasteiger partial charge in [0.05, 0.1) is 12.1 Å². The van der Waals surface area contributed by atoms with Crippen LogP contribution in [0.2, 0.25) is 0 Å². The molecule has 5 heteroatoms. The lowest BCUT2D eigenvalue weighted by Gasteiger charge is -2.09. The van der Waals surface area contributed by atoms with Crippen molar-refractivity contribution in [3.05, 3.63) is 65.5 Å². The Morgan fingerprint density at radius 1 is 1.05 bits per heavy atom. The van der Waals surface area contributed by atoms with Gasteiger partial charge in [-0.25, -0.2) is 9.18 Å². The Morgan fingerprint density at radius 2 is 1.75 bits per heavy atom. The van der Waals surface area contributed by atoms with E-state index in [4.69, 9.17) is 5.11 Å². The maximum absolute atomic E-state index is 13.4. The van der Waals surface area contributed by atoms with Gasteiger partial charge in [0.15, 0.2) is 0 Å². The predicted octanol–water partition coefficient (Wildman–Crippen LogP) is 2.71. The Kier molecular flexibility index (Phi) is 4.10. The fourth-order valence-corrected chi connectivity index (χ4v) is 1.82. The molecule has 0 aliphatic heterocycles. The molecule has 2 aromatic carbocycles. The molecule has 20 heavy (non-hydrogen) atoms. The zero-order valence-electron chi connectivity index (χ0n) is 10.5. The summed E-state index contributed by atoms with van der Waals surface area (Å²) in [6, 6.07) is 12.7. The smallest absolute Gasteiger partial charge is 0.340 e. The molecule has 4 nitrogen and oxygen atoms in total. The molecule has 0 heterocycles. The molecule has 0 radical (unpaired) electrons. The first-order chi connectivity index (χ1) is 9.58. The van der Waals surface area contributed by atoms with E-state index >= 15 is 0 Å². The fraction of sp³-hybridized carbons (Fsp3) is 0.0667. The molecule has 2 aromatic rings. The van der Waals surface area contributed by atoms with Crippen molar-refractivity contribution in [2.75, 3.05) is 5.32 Å². The summed E-state index contributed by atoms with van der Waals surface area (Å²) < 4.78 is 13.4. The Bertz CT molecular complexity index is 641. The highest BCUT2D eigenvalue weighted by molar-refractivity contribution is 6.01. The van der Waals surface area contributed by atoms with Crippen molar-refractivity contribution in [1.82, 2.24) is 0 Å². The van der Waals surface area contributed by atoms with Gasteiger partial charge in [-0.2, -0.15) is 0 Å². The van der Waals surface area contributed by atoms with Crippen LogP contribution in [-0.2, 0) is 11.2 Å². The number of carbonyl (C=O) groups excluding carboxylic acids is 1. The minimum atomic E-state index is -1.42. The summed E-state index contributed by atoms with van der Waals surface area (Å²) in [5.41, 5.74) is 0.214. The molecular weight excluding hydrogens is 261 g/mol. The van der Waals surface area contributed by atoms with Crippen LogP contribution in [0.1, 0.15) is 15.9 Å². The van der Waals surface area contributed by atoms with E-state index in [1.807, 2.05) is 6.07 Å². The molecule has 0 aromatic heterocycles. The summed E-state index contributed by atoms with van der Waals surface area (Å²) in [6.07, 6.45) is 0.0937. The number of carboxylic acids is 1. The van der Waals surface area contributed by atoms with Gasteiger partial charge in [-0.15, -0.1) is 0 Å². The highest BCUT2D eigenvalue weighted by Crippen LogP contribution is 2.19. The Labute approximate surface area is 114 Å². The molecule has 0 saturated carbocycles. The van der Waals surface area contributed by atoms with Crippen molar-refractivity contribution in [1.29, 1.82) is 0 Å². The Balaban J connectivity index is 2.16. The van der Waals surface area contributed by atoms with Gasteiger partial charge in [0, 0.05) is 0 Å². The highest BCUT2D eigenvalue weighted by atomic mass is 19.1. The molecule has 0 saturated heterocycles. The Hall–Kier alpha value is -2.69. The highest BCUT2D eigenvalue weighted by Gasteiger charge is 2.17. The van der Waals surface area contributed by atoms with Crippen molar-refractivity contribution in [3.63, 3.8) is 0 Å². The summed E-state index contributed by atoms with van der Waals surface area (Å²) >= 11 is 0.